The zero-order chi connectivity index (χ0) is 29.8. The molecule has 0 radical (unpaired) electrons. The second-order valence-corrected chi connectivity index (χ2v) is 10.8. The first-order valence-corrected chi connectivity index (χ1v) is 14.4. The normalized spacial score (nSPS) is 12.7. The molecule has 1 amide bonds. The van der Waals surface area contributed by atoms with Gasteiger partial charge in [-0.25, -0.2) is 9.11 Å². The van der Waals surface area contributed by atoms with Crippen LogP contribution in [-0.2, 0) is 17.3 Å². The number of nitrogens with zero attached hydrogens (tertiary/aromatic N) is 2. The number of hydrogen-bond donors (Lipinski definition) is 3. The summed E-state index contributed by atoms with van der Waals surface area (Å²) >= 11 is 0. The van der Waals surface area contributed by atoms with Crippen LogP contribution in [0.5, 0.6) is 11.5 Å². The Balaban J connectivity index is 0.00000216. The molecule has 1 fully saturated rings. The topological polar surface area (TPSA) is 122 Å². The standard InChI is InChI=1S/C26H30FN5O5S.C2H6/c1-15-9-12-21(20(27)13-15)31(4)25-22(24(33)29-17-10-11-17)23(16(2)26(34)32(25)5)37-19-8-6-7-18(14-19)30-38(35,36)28-3;1-2/h6-9,12-14,17,28,30H,10-11H2,1-5H3,(H,29,33);1-2H3. The second kappa shape index (κ2) is 12.5. The summed E-state index contributed by atoms with van der Waals surface area (Å²) in [5.74, 6) is -0.658. The summed E-state index contributed by atoms with van der Waals surface area (Å²) < 4.78 is 50.8. The number of pyridine rings is 1. The van der Waals surface area contributed by atoms with E-state index in [0.29, 0.717) is 0 Å². The number of hydrogen-bond acceptors (Lipinski definition) is 6. The van der Waals surface area contributed by atoms with E-state index in [0.717, 1.165) is 18.4 Å². The summed E-state index contributed by atoms with van der Waals surface area (Å²) in [6.07, 6.45) is 1.66. The van der Waals surface area contributed by atoms with Gasteiger partial charge in [0.2, 0.25) is 0 Å². The first-order valence-electron chi connectivity index (χ1n) is 13.0. The summed E-state index contributed by atoms with van der Waals surface area (Å²) in [7, 11) is 0.572. The molecule has 0 atom stereocenters. The van der Waals surface area contributed by atoms with Gasteiger partial charge in [-0.2, -0.15) is 8.42 Å². The third kappa shape index (κ3) is 6.80. The quantitative estimate of drug-likeness (QED) is 0.347. The number of aromatic nitrogens is 1. The Hall–Kier alpha value is -3.90. The van der Waals surface area contributed by atoms with E-state index in [9.17, 15) is 22.4 Å². The van der Waals surface area contributed by atoms with Gasteiger partial charge < -0.3 is 15.0 Å². The molecule has 1 aliphatic carbocycles. The van der Waals surface area contributed by atoms with Gasteiger partial charge in [0.25, 0.3) is 21.7 Å². The van der Waals surface area contributed by atoms with Gasteiger partial charge in [0.1, 0.15) is 22.9 Å². The minimum Gasteiger partial charge on any atom is -0.456 e. The third-order valence-corrected chi connectivity index (χ3v) is 7.27. The lowest BCUT2D eigenvalue weighted by Gasteiger charge is -2.27. The number of aryl methyl sites for hydroxylation is 1. The van der Waals surface area contributed by atoms with Gasteiger partial charge in [0.05, 0.1) is 16.9 Å². The van der Waals surface area contributed by atoms with Crippen molar-refractivity contribution in [2.75, 3.05) is 23.7 Å². The van der Waals surface area contributed by atoms with E-state index in [-0.39, 0.29) is 45.9 Å². The van der Waals surface area contributed by atoms with Crippen molar-refractivity contribution in [3.8, 4) is 11.5 Å². The third-order valence-electron chi connectivity index (χ3n) is 6.23. The maximum atomic E-state index is 15.0. The summed E-state index contributed by atoms with van der Waals surface area (Å²) in [5.41, 5.74) is 0.883. The Morgan fingerprint density at radius 2 is 1.80 bits per heavy atom. The number of anilines is 3. The molecular weight excluding hydrogens is 537 g/mol. The van der Waals surface area contributed by atoms with E-state index in [1.54, 1.807) is 38.2 Å². The molecule has 0 aliphatic heterocycles. The molecule has 2 aromatic carbocycles. The average Bonchev–Trinajstić information content (AvgIpc) is 3.73. The van der Waals surface area contributed by atoms with Crippen LogP contribution in [0.15, 0.2) is 47.3 Å². The largest absolute Gasteiger partial charge is 0.456 e. The molecule has 1 aliphatic rings. The zero-order valence-electron chi connectivity index (χ0n) is 23.8. The number of benzene rings is 2. The maximum absolute atomic E-state index is 15.0. The first-order chi connectivity index (χ1) is 18.9. The molecule has 10 nitrogen and oxygen atoms in total. The molecule has 0 unspecified atom stereocenters. The monoisotopic (exact) mass is 573 g/mol. The molecule has 1 heterocycles. The smallest absolute Gasteiger partial charge is 0.298 e. The van der Waals surface area contributed by atoms with Crippen LogP contribution in [0.25, 0.3) is 0 Å². The number of nitrogens with one attached hydrogen (secondary N) is 3. The molecule has 0 spiro atoms. The highest BCUT2D eigenvalue weighted by atomic mass is 32.2. The van der Waals surface area contributed by atoms with E-state index in [1.165, 1.54) is 48.7 Å². The minimum absolute atomic E-state index is 0.00133. The van der Waals surface area contributed by atoms with Crippen LogP contribution >= 0.6 is 0 Å². The van der Waals surface area contributed by atoms with Gasteiger partial charge in [-0.05, 0) is 56.5 Å². The minimum atomic E-state index is -3.78. The van der Waals surface area contributed by atoms with Gasteiger partial charge >= 0.3 is 0 Å². The highest BCUT2D eigenvalue weighted by molar-refractivity contribution is 7.90. The average molecular weight is 574 g/mol. The number of rotatable bonds is 9. The first kappa shape index (κ1) is 30.6. The summed E-state index contributed by atoms with van der Waals surface area (Å²) in [6, 6.07) is 10.8. The van der Waals surface area contributed by atoms with E-state index in [1.807, 2.05) is 13.8 Å². The van der Waals surface area contributed by atoms with Crippen molar-refractivity contribution in [3.63, 3.8) is 0 Å². The summed E-state index contributed by atoms with van der Waals surface area (Å²) in [6.45, 7) is 7.30. The van der Waals surface area contributed by atoms with Crippen LogP contribution < -0.4 is 30.0 Å². The molecule has 3 N–H and O–H groups in total. The number of ether oxygens (including phenoxy) is 1. The fourth-order valence-corrected chi connectivity index (χ4v) is 4.60. The van der Waals surface area contributed by atoms with E-state index >= 15 is 0 Å². The summed E-state index contributed by atoms with van der Waals surface area (Å²) in [5, 5.41) is 2.94. The fraction of sp³-hybridized carbons (Fsp3) is 0.357. The van der Waals surface area contributed by atoms with Crippen molar-refractivity contribution in [3.05, 3.63) is 75.3 Å². The Labute approximate surface area is 234 Å². The molecule has 0 saturated heterocycles. The van der Waals surface area contributed by atoms with Crippen molar-refractivity contribution in [1.29, 1.82) is 0 Å². The Bertz CT molecular complexity index is 1570. The lowest BCUT2D eigenvalue weighted by atomic mass is 10.1. The van der Waals surface area contributed by atoms with Crippen molar-refractivity contribution >= 4 is 33.3 Å². The van der Waals surface area contributed by atoms with Crippen LogP contribution in [0, 0.1) is 19.7 Å². The molecule has 12 heteroatoms. The van der Waals surface area contributed by atoms with Crippen molar-refractivity contribution in [2.24, 2.45) is 7.05 Å². The van der Waals surface area contributed by atoms with Crippen LogP contribution in [0.4, 0.5) is 21.6 Å². The molecule has 3 aromatic rings. The van der Waals surface area contributed by atoms with Crippen molar-refractivity contribution in [2.45, 2.75) is 46.6 Å². The van der Waals surface area contributed by atoms with E-state index < -0.39 is 27.5 Å². The second-order valence-electron chi connectivity index (χ2n) is 9.22. The number of carbonyl (C=O) groups excluding carboxylic acids is 1. The van der Waals surface area contributed by atoms with Gasteiger partial charge in [0.15, 0.2) is 5.75 Å². The predicted octanol–water partition coefficient (Wildman–Crippen LogP) is 4.50. The van der Waals surface area contributed by atoms with Crippen LogP contribution in [-0.4, -0.2) is 39.0 Å². The van der Waals surface area contributed by atoms with Crippen molar-refractivity contribution in [1.82, 2.24) is 14.6 Å². The van der Waals surface area contributed by atoms with Gasteiger partial charge in [0, 0.05) is 33.3 Å². The fourth-order valence-electron chi connectivity index (χ4n) is 4.06. The molecule has 1 saturated carbocycles. The molecule has 1 aromatic heterocycles. The SMILES string of the molecule is CC.CNS(=O)(=O)Nc1cccc(Oc2c(C(=O)NC3CC3)c(N(C)c3ccc(C)cc3F)n(C)c(=O)c2C)c1. The van der Waals surface area contributed by atoms with Crippen LogP contribution in [0.2, 0.25) is 0 Å². The van der Waals surface area contributed by atoms with Gasteiger partial charge in [-0.1, -0.05) is 26.0 Å². The Morgan fingerprint density at radius 3 is 2.40 bits per heavy atom. The lowest BCUT2D eigenvalue weighted by Crippen LogP contribution is -2.34. The molecule has 0 bridgehead atoms. The molecule has 40 heavy (non-hydrogen) atoms. The Kier molecular flexibility index (Phi) is 9.59. The molecule has 4 rings (SSSR count). The predicted molar refractivity (Wildman–Crippen MR) is 156 cm³/mol. The number of carbonyl (C=O) groups is 1. The van der Waals surface area contributed by atoms with Crippen LogP contribution in [0.1, 0.15) is 48.2 Å². The van der Waals surface area contributed by atoms with Gasteiger partial charge in [-0.15, -0.1) is 0 Å². The lowest BCUT2D eigenvalue weighted by molar-refractivity contribution is 0.0948. The molecular formula is C28H36FN5O5S. The summed E-state index contributed by atoms with van der Waals surface area (Å²) in [4.78, 5) is 28.3. The highest BCUT2D eigenvalue weighted by Gasteiger charge is 2.32. The van der Waals surface area contributed by atoms with E-state index in [2.05, 4.69) is 14.8 Å². The van der Waals surface area contributed by atoms with Gasteiger partial charge in [-0.3, -0.25) is 18.9 Å². The molecule has 216 valence electrons. The van der Waals surface area contributed by atoms with Crippen LogP contribution in [0.3, 0.4) is 0 Å². The zero-order valence-corrected chi connectivity index (χ0v) is 24.6. The van der Waals surface area contributed by atoms with E-state index in [4.69, 9.17) is 4.74 Å². The highest BCUT2D eigenvalue weighted by Crippen LogP contribution is 2.38. The maximum Gasteiger partial charge on any atom is 0.298 e. The Morgan fingerprint density at radius 1 is 1.12 bits per heavy atom. The number of amides is 1. The number of halogens is 1. The van der Waals surface area contributed by atoms with Crippen molar-refractivity contribution < 1.29 is 22.3 Å².